The van der Waals surface area contributed by atoms with Gasteiger partial charge in [0, 0.05) is 42.4 Å². The van der Waals surface area contributed by atoms with Crippen LogP contribution in [-0.4, -0.2) is 70.0 Å². The first kappa shape index (κ1) is 29.8. The second-order valence-electron chi connectivity index (χ2n) is 12.7. The van der Waals surface area contributed by atoms with Crippen LogP contribution >= 0.6 is 11.6 Å². The van der Waals surface area contributed by atoms with Crippen LogP contribution in [0.2, 0.25) is 5.02 Å². The van der Waals surface area contributed by atoms with Gasteiger partial charge in [-0.2, -0.15) is 10.3 Å². The molecule has 0 aliphatic heterocycles. The van der Waals surface area contributed by atoms with E-state index in [1.54, 1.807) is 31.2 Å². The minimum atomic E-state index is -2.26. The summed E-state index contributed by atoms with van der Waals surface area (Å²) in [6.45, 7) is 3.51. The largest absolute Gasteiger partial charge is 0.390 e. The number of alkyl halides is 2. The van der Waals surface area contributed by atoms with Crippen molar-refractivity contribution in [3.63, 3.8) is 0 Å². The molecule has 1 aromatic carbocycles. The number of amides is 1. The van der Waals surface area contributed by atoms with Crippen LogP contribution in [0.1, 0.15) is 38.7 Å². The molecule has 5 rings (SSSR count). The highest BCUT2D eigenvalue weighted by Crippen LogP contribution is 2.70. The molecule has 0 radical (unpaired) electrons. The summed E-state index contributed by atoms with van der Waals surface area (Å²) >= 11 is 5.99. The summed E-state index contributed by atoms with van der Waals surface area (Å²) in [5.41, 5.74) is -3.84. The highest BCUT2D eigenvalue weighted by molar-refractivity contribution is 6.30. The summed E-state index contributed by atoms with van der Waals surface area (Å²) in [6.07, 6.45) is 0.748. The molecule has 220 valence electrons. The van der Waals surface area contributed by atoms with Crippen LogP contribution in [-0.2, 0) is 16.1 Å². The van der Waals surface area contributed by atoms with Crippen molar-refractivity contribution in [2.24, 2.45) is 34.5 Å². The number of rotatable bonds is 6. The van der Waals surface area contributed by atoms with Crippen molar-refractivity contribution in [2.45, 2.75) is 57.6 Å². The number of ketones is 1. The first-order valence-corrected chi connectivity index (χ1v) is 14.4. The number of carbonyl (C=O) groups is 2. The third-order valence-corrected chi connectivity index (χ3v) is 10.7. The van der Waals surface area contributed by atoms with E-state index in [1.807, 2.05) is 13.0 Å². The van der Waals surface area contributed by atoms with E-state index in [0.717, 1.165) is 16.7 Å². The van der Waals surface area contributed by atoms with Gasteiger partial charge in [0.2, 0.25) is 5.91 Å². The number of allylic oxidation sites excluding steroid dienone is 4. The van der Waals surface area contributed by atoms with Gasteiger partial charge in [0.1, 0.15) is 12.7 Å². The van der Waals surface area contributed by atoms with Gasteiger partial charge in [-0.1, -0.05) is 36.7 Å². The summed E-state index contributed by atoms with van der Waals surface area (Å²) in [5.74, 6) is -3.34. The Balaban J connectivity index is 1.52. The summed E-state index contributed by atoms with van der Waals surface area (Å²) in [7, 11) is 1.53. The van der Waals surface area contributed by atoms with Gasteiger partial charge in [-0.05, 0) is 78.9 Å². The number of halogens is 3. The monoisotopic (exact) mass is 587 g/mol. The van der Waals surface area contributed by atoms with Crippen LogP contribution in [0.3, 0.4) is 0 Å². The number of hydroxylamine groups is 2. The molecule has 0 unspecified atom stereocenters. The molecule has 0 spiro atoms. The second-order valence-corrected chi connectivity index (χ2v) is 13.2. The van der Waals surface area contributed by atoms with Crippen LogP contribution in [0, 0.1) is 45.8 Å². The lowest BCUT2D eigenvalue weighted by Crippen LogP contribution is -2.68. The number of nitriles is 1. The van der Waals surface area contributed by atoms with Gasteiger partial charge >= 0.3 is 0 Å². The molecule has 9 atom stereocenters. The van der Waals surface area contributed by atoms with Crippen LogP contribution in [0.4, 0.5) is 8.78 Å². The average Bonchev–Trinajstić information content (AvgIpc) is 3.19. The van der Waals surface area contributed by atoms with Crippen molar-refractivity contribution in [1.82, 2.24) is 9.96 Å². The van der Waals surface area contributed by atoms with E-state index in [1.165, 1.54) is 24.1 Å². The van der Waals surface area contributed by atoms with Crippen molar-refractivity contribution in [3.8, 4) is 6.07 Å². The van der Waals surface area contributed by atoms with Crippen molar-refractivity contribution < 1.29 is 28.7 Å². The summed E-state index contributed by atoms with van der Waals surface area (Å²) in [5, 5.41) is 33.5. The van der Waals surface area contributed by atoms with Crippen LogP contribution in [0.25, 0.3) is 0 Å². The number of carbonyl (C=O) groups excluding carboxylic acids is 2. The lowest BCUT2D eigenvalue weighted by molar-refractivity contribution is -0.203. The molecule has 1 aromatic rings. The standard InChI is InChI=1S/C31H36ClF2N3O4/c1-29-15-26(39)31(34)23(14-25(33)24-13-21(38)8-9-30(24,31)2)22(29)12-19(27(29)28(40)36(3)11-10-35)17-37(41)16-18-4-6-20(32)7-5-18/h4-9,13,19,22-23,25-27,39,41H,11-12,14-17H2,1-3H3/t19-,22-,23-,25-,26-,27+,29-,30-,31-/m0/s1. The Morgan fingerprint density at radius 3 is 2.56 bits per heavy atom. The minimum absolute atomic E-state index is 0.0480. The zero-order chi connectivity index (χ0) is 29.9. The normalized spacial score (nSPS) is 39.4. The van der Waals surface area contributed by atoms with Gasteiger partial charge in [-0.3, -0.25) is 9.59 Å². The zero-order valence-corrected chi connectivity index (χ0v) is 24.2. The average molecular weight is 588 g/mol. The Labute approximate surface area is 244 Å². The molecule has 0 saturated heterocycles. The predicted octanol–water partition coefficient (Wildman–Crippen LogP) is 4.67. The van der Waals surface area contributed by atoms with Crippen molar-refractivity contribution >= 4 is 23.3 Å². The van der Waals surface area contributed by atoms with Crippen LogP contribution in [0.5, 0.6) is 0 Å². The van der Waals surface area contributed by atoms with E-state index >= 15 is 8.78 Å². The minimum Gasteiger partial charge on any atom is -0.390 e. The molecule has 0 heterocycles. The Bertz CT molecular complexity index is 1330. The highest BCUT2D eigenvalue weighted by atomic mass is 35.5. The van der Waals surface area contributed by atoms with Crippen molar-refractivity contribution in [1.29, 1.82) is 5.26 Å². The second kappa shape index (κ2) is 10.6. The maximum atomic E-state index is 17.5. The van der Waals surface area contributed by atoms with Crippen LogP contribution < -0.4 is 0 Å². The van der Waals surface area contributed by atoms with Gasteiger partial charge in [0.25, 0.3) is 0 Å². The maximum Gasteiger partial charge on any atom is 0.227 e. The summed E-state index contributed by atoms with van der Waals surface area (Å²) in [4.78, 5) is 27.3. The number of nitrogens with zero attached hydrogens (tertiary/aromatic N) is 3. The number of hydrogen-bond donors (Lipinski definition) is 2. The zero-order valence-electron chi connectivity index (χ0n) is 23.4. The predicted molar refractivity (Wildman–Crippen MR) is 148 cm³/mol. The Morgan fingerprint density at radius 1 is 1.22 bits per heavy atom. The number of benzene rings is 1. The van der Waals surface area contributed by atoms with Gasteiger partial charge in [-0.15, -0.1) is 0 Å². The van der Waals surface area contributed by atoms with E-state index in [0.29, 0.717) is 11.4 Å². The molecule has 10 heteroatoms. The SMILES string of the molecule is CN(CC#N)C(=O)[C@H]1[C@H](CN(O)Cc2ccc(Cl)cc2)C[C@H]2[C@@H]3C[C@H](F)C4=CC(=O)C=C[C@]4(C)[C@@]3(F)[C@@H](O)C[C@@]21C. The number of aliphatic hydroxyl groups is 1. The molecule has 0 bridgehead atoms. The number of fused-ring (bicyclic) bond motifs is 5. The molecule has 7 nitrogen and oxygen atoms in total. The molecule has 41 heavy (non-hydrogen) atoms. The lowest BCUT2D eigenvalue weighted by atomic mass is 9.45. The maximum absolute atomic E-state index is 17.5. The summed E-state index contributed by atoms with van der Waals surface area (Å²) < 4.78 is 33.3. The van der Waals surface area contributed by atoms with Crippen molar-refractivity contribution in [2.75, 3.05) is 20.1 Å². The quantitative estimate of drug-likeness (QED) is 0.370. The first-order valence-electron chi connectivity index (χ1n) is 14.0. The van der Waals surface area contributed by atoms with Gasteiger partial charge in [0.05, 0.1) is 12.2 Å². The van der Waals surface area contributed by atoms with Crippen molar-refractivity contribution in [3.05, 3.63) is 58.7 Å². The molecular formula is C31H36ClF2N3O4. The fourth-order valence-electron chi connectivity index (χ4n) is 8.61. The van der Waals surface area contributed by atoms with E-state index in [4.69, 9.17) is 11.6 Å². The smallest absolute Gasteiger partial charge is 0.227 e. The van der Waals surface area contributed by atoms with E-state index in [9.17, 15) is 25.2 Å². The molecule has 1 amide bonds. The fraction of sp³-hybridized carbons (Fsp3) is 0.581. The first-order chi connectivity index (χ1) is 19.3. The van der Waals surface area contributed by atoms with Gasteiger partial charge < -0.3 is 15.2 Å². The van der Waals surface area contributed by atoms with E-state index in [-0.39, 0.29) is 44.0 Å². The Hall–Kier alpha value is -2.64. The Morgan fingerprint density at radius 2 is 1.90 bits per heavy atom. The molecule has 4 aliphatic rings. The highest BCUT2D eigenvalue weighted by Gasteiger charge is 2.73. The van der Waals surface area contributed by atoms with Gasteiger partial charge in [0.15, 0.2) is 11.5 Å². The van der Waals surface area contributed by atoms with E-state index in [2.05, 4.69) is 0 Å². The number of hydrogen-bond acceptors (Lipinski definition) is 6. The Kier molecular flexibility index (Phi) is 7.69. The summed E-state index contributed by atoms with van der Waals surface area (Å²) in [6, 6.07) is 9.00. The lowest BCUT2D eigenvalue weighted by Gasteiger charge is -2.62. The molecule has 3 fully saturated rings. The third kappa shape index (κ3) is 4.64. The molecule has 3 saturated carbocycles. The van der Waals surface area contributed by atoms with E-state index < -0.39 is 58.2 Å². The molecule has 2 N–H and O–H groups in total. The fourth-order valence-corrected chi connectivity index (χ4v) is 8.73. The third-order valence-electron chi connectivity index (χ3n) is 10.5. The molecule has 4 aliphatic carbocycles. The number of aliphatic hydroxyl groups excluding tert-OH is 1. The van der Waals surface area contributed by atoms with Crippen LogP contribution in [0.15, 0.2) is 48.1 Å². The molecule has 0 aromatic heterocycles. The van der Waals surface area contributed by atoms with Gasteiger partial charge in [-0.25, -0.2) is 8.78 Å². The molecular weight excluding hydrogens is 552 g/mol. The topological polar surface area (TPSA) is 105 Å².